The first-order chi connectivity index (χ1) is 19.6. The number of amides is 2. The van der Waals surface area contributed by atoms with Crippen molar-refractivity contribution in [3.05, 3.63) is 125 Å². The molecular weight excluding hydrogens is 507 g/mol. The second-order valence-corrected chi connectivity index (χ2v) is 9.65. The van der Waals surface area contributed by atoms with Gasteiger partial charge in [-0.2, -0.15) is 0 Å². The lowest BCUT2D eigenvalue weighted by Gasteiger charge is -2.35. The first kappa shape index (κ1) is 25.3. The number of halogens is 1. The molecule has 6 rings (SSSR count). The lowest BCUT2D eigenvalue weighted by atomic mass is 10.1. The number of aromatic nitrogens is 1. The molecule has 200 valence electrons. The highest BCUT2D eigenvalue weighted by Crippen LogP contribution is 2.36. The Balaban J connectivity index is 1.17. The number of rotatable bonds is 5. The van der Waals surface area contributed by atoms with Crippen molar-refractivity contribution in [3.8, 4) is 5.75 Å². The van der Waals surface area contributed by atoms with E-state index in [2.05, 4.69) is 9.88 Å². The summed E-state index contributed by atoms with van der Waals surface area (Å²) in [5.41, 5.74) is 2.29. The quantitative estimate of drug-likeness (QED) is 0.332. The van der Waals surface area contributed by atoms with E-state index in [1.165, 1.54) is 11.0 Å². The molecule has 1 fully saturated rings. The molecule has 7 nitrogen and oxygen atoms in total. The van der Waals surface area contributed by atoms with Crippen LogP contribution in [0.5, 0.6) is 5.75 Å². The van der Waals surface area contributed by atoms with E-state index in [0.29, 0.717) is 41.2 Å². The number of anilines is 2. The molecular formula is C32H27FN4O3. The molecule has 2 aliphatic heterocycles. The molecule has 0 spiro atoms. The summed E-state index contributed by atoms with van der Waals surface area (Å²) in [5.74, 6) is 0.786. The number of ether oxygens (including phenoxy) is 1. The molecule has 1 aromatic heterocycles. The zero-order valence-corrected chi connectivity index (χ0v) is 21.7. The van der Waals surface area contributed by atoms with Gasteiger partial charge >= 0.3 is 0 Å². The number of para-hydroxylation sites is 2. The van der Waals surface area contributed by atoms with Gasteiger partial charge in [-0.15, -0.1) is 0 Å². The summed E-state index contributed by atoms with van der Waals surface area (Å²) < 4.78 is 20.4. The highest BCUT2D eigenvalue weighted by Gasteiger charge is 2.31. The van der Waals surface area contributed by atoms with Crippen molar-refractivity contribution in [2.75, 3.05) is 36.0 Å². The van der Waals surface area contributed by atoms with Crippen LogP contribution in [0.3, 0.4) is 0 Å². The van der Waals surface area contributed by atoms with Gasteiger partial charge in [0.15, 0.2) is 11.5 Å². The zero-order valence-electron chi connectivity index (χ0n) is 21.7. The molecule has 2 aliphatic rings. The molecule has 2 amide bonds. The number of piperazine rings is 1. The Labute approximate surface area is 231 Å². The van der Waals surface area contributed by atoms with Gasteiger partial charge in [-0.1, -0.05) is 48.5 Å². The topological polar surface area (TPSA) is 66.0 Å². The van der Waals surface area contributed by atoms with Crippen molar-refractivity contribution in [3.63, 3.8) is 0 Å². The minimum absolute atomic E-state index is 0.0325. The van der Waals surface area contributed by atoms with E-state index < -0.39 is 0 Å². The second kappa shape index (κ2) is 11.0. The first-order valence-corrected chi connectivity index (χ1v) is 13.2. The van der Waals surface area contributed by atoms with Crippen LogP contribution in [0.25, 0.3) is 6.08 Å². The van der Waals surface area contributed by atoms with E-state index in [1.807, 2.05) is 35.2 Å². The van der Waals surface area contributed by atoms with E-state index in [9.17, 15) is 14.0 Å². The van der Waals surface area contributed by atoms with E-state index in [1.54, 1.807) is 66.9 Å². The number of pyridine rings is 1. The third kappa shape index (κ3) is 5.16. The molecule has 3 aromatic carbocycles. The maximum atomic E-state index is 14.4. The van der Waals surface area contributed by atoms with Gasteiger partial charge < -0.3 is 14.5 Å². The monoisotopic (exact) mass is 534 g/mol. The molecule has 0 bridgehead atoms. The molecule has 8 heteroatoms. The van der Waals surface area contributed by atoms with Gasteiger partial charge in [0.05, 0.1) is 12.2 Å². The normalized spacial score (nSPS) is 16.1. The van der Waals surface area contributed by atoms with Crippen molar-refractivity contribution in [1.29, 1.82) is 0 Å². The van der Waals surface area contributed by atoms with Gasteiger partial charge in [0.2, 0.25) is 0 Å². The number of carbonyl (C=O) groups excluding carboxylic acids is 2. The molecule has 0 radical (unpaired) electrons. The number of hydrogen-bond donors (Lipinski definition) is 0. The number of benzene rings is 3. The molecule has 0 aliphatic carbocycles. The fraction of sp³-hybridized carbons (Fsp3) is 0.156. The average Bonchev–Trinajstić information content (AvgIpc) is 3.01. The van der Waals surface area contributed by atoms with Gasteiger partial charge in [0.25, 0.3) is 11.8 Å². The second-order valence-electron chi connectivity index (χ2n) is 9.65. The lowest BCUT2D eigenvalue weighted by Crippen LogP contribution is -2.49. The van der Waals surface area contributed by atoms with Gasteiger partial charge in [-0.05, 0) is 54.1 Å². The third-order valence-electron chi connectivity index (χ3n) is 7.11. The fourth-order valence-corrected chi connectivity index (χ4v) is 4.95. The number of hydrogen-bond acceptors (Lipinski definition) is 5. The summed E-state index contributed by atoms with van der Waals surface area (Å²) in [7, 11) is 0. The van der Waals surface area contributed by atoms with E-state index in [4.69, 9.17) is 4.74 Å². The SMILES string of the molecule is O=C(c1ccc(C=C2Oc3ccccc3N(Cc3ccccc3F)C2=O)cc1)N1CCN(c2ccccn2)CC1. The smallest absolute Gasteiger partial charge is 0.294 e. The minimum Gasteiger partial charge on any atom is -0.449 e. The summed E-state index contributed by atoms with van der Waals surface area (Å²) >= 11 is 0. The third-order valence-corrected chi connectivity index (χ3v) is 7.11. The van der Waals surface area contributed by atoms with Crippen LogP contribution < -0.4 is 14.5 Å². The van der Waals surface area contributed by atoms with Gasteiger partial charge in [0.1, 0.15) is 11.6 Å². The predicted molar refractivity (Wildman–Crippen MR) is 151 cm³/mol. The van der Waals surface area contributed by atoms with Gasteiger partial charge in [-0.3, -0.25) is 14.5 Å². The maximum absolute atomic E-state index is 14.4. The standard InChI is InChI=1S/C32H27FN4O3/c33-26-8-2-1-7-25(26)22-37-27-9-3-4-10-28(27)40-29(32(37)39)21-23-12-14-24(15-13-23)31(38)36-19-17-35(18-20-36)30-11-5-6-16-34-30/h1-16,21H,17-20,22H2. The van der Waals surface area contributed by atoms with Crippen LogP contribution >= 0.6 is 0 Å². The number of carbonyl (C=O) groups is 2. The van der Waals surface area contributed by atoms with Crippen molar-refractivity contribution < 1.29 is 18.7 Å². The van der Waals surface area contributed by atoms with Crippen LogP contribution in [-0.2, 0) is 11.3 Å². The number of nitrogens with zero attached hydrogens (tertiary/aromatic N) is 4. The molecule has 4 aromatic rings. The largest absolute Gasteiger partial charge is 0.449 e. The molecule has 0 N–H and O–H groups in total. The molecule has 0 atom stereocenters. The van der Waals surface area contributed by atoms with Crippen LogP contribution in [0, 0.1) is 5.82 Å². The summed E-state index contributed by atoms with van der Waals surface area (Å²) in [6, 6.07) is 26.5. The summed E-state index contributed by atoms with van der Waals surface area (Å²) in [5, 5.41) is 0. The minimum atomic E-state index is -0.372. The highest BCUT2D eigenvalue weighted by molar-refractivity contribution is 6.09. The van der Waals surface area contributed by atoms with Crippen LogP contribution in [-0.4, -0.2) is 47.9 Å². The molecule has 1 saturated heterocycles. The van der Waals surface area contributed by atoms with Crippen LogP contribution in [0.2, 0.25) is 0 Å². The number of fused-ring (bicyclic) bond motifs is 1. The Bertz CT molecular complexity index is 1560. The van der Waals surface area contributed by atoms with E-state index in [0.717, 1.165) is 18.9 Å². The lowest BCUT2D eigenvalue weighted by molar-refractivity contribution is -0.117. The Hall–Kier alpha value is -4.98. The highest BCUT2D eigenvalue weighted by atomic mass is 19.1. The van der Waals surface area contributed by atoms with E-state index >= 15 is 0 Å². The molecule has 0 unspecified atom stereocenters. The average molecular weight is 535 g/mol. The van der Waals surface area contributed by atoms with Crippen molar-refractivity contribution in [2.24, 2.45) is 0 Å². The van der Waals surface area contributed by atoms with Gasteiger partial charge in [-0.25, -0.2) is 9.37 Å². The first-order valence-electron chi connectivity index (χ1n) is 13.2. The van der Waals surface area contributed by atoms with Crippen LogP contribution in [0.4, 0.5) is 15.9 Å². The Kier molecular flexibility index (Phi) is 6.97. The van der Waals surface area contributed by atoms with E-state index in [-0.39, 0.29) is 29.9 Å². The van der Waals surface area contributed by atoms with Gasteiger partial charge in [0, 0.05) is 43.5 Å². The maximum Gasteiger partial charge on any atom is 0.294 e. The van der Waals surface area contributed by atoms with Crippen molar-refractivity contribution in [2.45, 2.75) is 6.54 Å². The van der Waals surface area contributed by atoms with Crippen molar-refractivity contribution in [1.82, 2.24) is 9.88 Å². The van der Waals surface area contributed by atoms with Crippen LogP contribution in [0.1, 0.15) is 21.5 Å². The summed E-state index contributed by atoms with van der Waals surface area (Å²) in [4.78, 5) is 36.5. The summed E-state index contributed by atoms with van der Waals surface area (Å²) in [6.45, 7) is 2.74. The Morgan fingerprint density at radius 1 is 0.875 bits per heavy atom. The van der Waals surface area contributed by atoms with Crippen molar-refractivity contribution >= 4 is 29.4 Å². The zero-order chi connectivity index (χ0) is 27.5. The predicted octanol–water partition coefficient (Wildman–Crippen LogP) is 5.15. The fourth-order valence-electron chi connectivity index (χ4n) is 4.95. The Morgan fingerprint density at radius 2 is 1.60 bits per heavy atom. The molecule has 0 saturated carbocycles. The van der Waals surface area contributed by atoms with Crippen LogP contribution in [0.15, 0.2) is 103 Å². The molecule has 3 heterocycles. The molecule has 40 heavy (non-hydrogen) atoms. The Morgan fingerprint density at radius 3 is 2.35 bits per heavy atom. The summed E-state index contributed by atoms with van der Waals surface area (Å²) in [6.07, 6.45) is 3.42.